The summed E-state index contributed by atoms with van der Waals surface area (Å²) >= 11 is 0. The lowest BCUT2D eigenvalue weighted by molar-refractivity contribution is 0.228. The summed E-state index contributed by atoms with van der Waals surface area (Å²) in [5.74, 6) is 0.233. The van der Waals surface area contributed by atoms with Gasteiger partial charge in [0.05, 0.1) is 0 Å². The van der Waals surface area contributed by atoms with Crippen molar-refractivity contribution in [2.45, 2.75) is 30.3 Å². The molecule has 0 spiro atoms. The first-order valence-corrected chi connectivity index (χ1v) is 7.26. The van der Waals surface area contributed by atoms with Crippen molar-refractivity contribution < 1.29 is 13.5 Å². The summed E-state index contributed by atoms with van der Waals surface area (Å²) in [4.78, 5) is 0. The lowest BCUT2D eigenvalue weighted by Gasteiger charge is -2.13. The molecule has 0 aliphatic heterocycles. The summed E-state index contributed by atoms with van der Waals surface area (Å²) in [6.45, 7) is 0.141. The molecule has 1 fully saturated rings. The van der Waals surface area contributed by atoms with Crippen LogP contribution in [0.2, 0.25) is 0 Å². The molecule has 0 aromatic carbocycles. The molecule has 0 radical (unpaired) electrons. The Bertz CT molecular complexity index is 481. The van der Waals surface area contributed by atoms with Crippen molar-refractivity contribution in [2.24, 2.45) is 13.0 Å². The van der Waals surface area contributed by atoms with Crippen LogP contribution in [-0.4, -0.2) is 30.7 Å². The minimum Gasteiger partial charge on any atom is -0.396 e. The van der Waals surface area contributed by atoms with Crippen molar-refractivity contribution in [3.05, 3.63) is 18.3 Å². The second-order valence-electron chi connectivity index (χ2n) is 4.64. The molecule has 17 heavy (non-hydrogen) atoms. The third-order valence-electron chi connectivity index (χ3n) is 3.29. The first-order valence-electron chi connectivity index (χ1n) is 5.77. The van der Waals surface area contributed by atoms with Crippen molar-refractivity contribution in [3.63, 3.8) is 0 Å². The first-order chi connectivity index (χ1) is 8.03. The molecule has 2 atom stereocenters. The third kappa shape index (κ3) is 2.70. The zero-order valence-corrected chi connectivity index (χ0v) is 10.7. The average molecular weight is 258 g/mol. The molecule has 6 heteroatoms. The summed E-state index contributed by atoms with van der Waals surface area (Å²) in [6, 6.07) is 3.24. The Labute approximate surface area is 102 Å². The topological polar surface area (TPSA) is 71.3 Å². The van der Waals surface area contributed by atoms with E-state index in [2.05, 4.69) is 4.72 Å². The Hall–Kier alpha value is -0.850. The van der Waals surface area contributed by atoms with Gasteiger partial charge in [0.15, 0.2) is 0 Å². The highest BCUT2D eigenvalue weighted by molar-refractivity contribution is 7.89. The van der Waals surface area contributed by atoms with Gasteiger partial charge in [-0.3, -0.25) is 0 Å². The highest BCUT2D eigenvalue weighted by Crippen LogP contribution is 2.26. The number of nitrogens with one attached hydrogen (secondary N) is 1. The molecular weight excluding hydrogens is 240 g/mol. The predicted octanol–water partition coefficient (Wildman–Crippen LogP) is 0.464. The molecule has 0 unspecified atom stereocenters. The standard InChI is InChI=1S/C11H18N2O3S/c1-13-6-2-3-11(13)17(15,16)12-10-5-4-9(7-10)8-14/h2-3,6,9-10,12,14H,4-5,7-8H2,1H3/t9-,10+/m1/s1. The fourth-order valence-corrected chi connectivity index (χ4v) is 3.82. The summed E-state index contributed by atoms with van der Waals surface area (Å²) < 4.78 is 28.4. The normalized spacial score (nSPS) is 25.3. The van der Waals surface area contributed by atoms with Gasteiger partial charge in [-0.15, -0.1) is 0 Å². The van der Waals surface area contributed by atoms with Gasteiger partial charge in [-0.25, -0.2) is 13.1 Å². The minimum absolute atomic E-state index is 0.0490. The largest absolute Gasteiger partial charge is 0.396 e. The Morgan fingerprint density at radius 2 is 2.29 bits per heavy atom. The van der Waals surface area contributed by atoms with E-state index in [1.807, 2.05) is 0 Å². The van der Waals surface area contributed by atoms with Crippen LogP contribution in [0, 0.1) is 5.92 Å². The molecule has 1 aliphatic rings. The van der Waals surface area contributed by atoms with Crippen molar-refractivity contribution in [1.29, 1.82) is 0 Å². The van der Waals surface area contributed by atoms with E-state index in [-0.39, 0.29) is 23.6 Å². The van der Waals surface area contributed by atoms with Crippen LogP contribution in [0.3, 0.4) is 0 Å². The Morgan fingerprint density at radius 3 is 2.82 bits per heavy atom. The number of hydrogen-bond donors (Lipinski definition) is 2. The summed E-state index contributed by atoms with van der Waals surface area (Å²) in [6.07, 6.45) is 4.12. The predicted molar refractivity (Wildman–Crippen MR) is 63.9 cm³/mol. The van der Waals surface area contributed by atoms with Crippen LogP contribution in [0.25, 0.3) is 0 Å². The molecule has 2 rings (SSSR count). The van der Waals surface area contributed by atoms with Gasteiger partial charge in [-0.1, -0.05) is 0 Å². The van der Waals surface area contributed by atoms with Gasteiger partial charge in [-0.2, -0.15) is 0 Å². The number of nitrogens with zero attached hydrogens (tertiary/aromatic N) is 1. The number of aryl methyl sites for hydroxylation is 1. The second kappa shape index (κ2) is 4.80. The lowest BCUT2D eigenvalue weighted by Crippen LogP contribution is -2.34. The van der Waals surface area contributed by atoms with Gasteiger partial charge in [0, 0.05) is 25.9 Å². The lowest BCUT2D eigenvalue weighted by atomic mass is 10.1. The maximum absolute atomic E-state index is 12.1. The van der Waals surface area contributed by atoms with Crippen LogP contribution in [-0.2, 0) is 17.1 Å². The van der Waals surface area contributed by atoms with Crippen LogP contribution >= 0.6 is 0 Å². The fraction of sp³-hybridized carbons (Fsp3) is 0.636. The van der Waals surface area contributed by atoms with E-state index in [4.69, 9.17) is 5.11 Å². The van der Waals surface area contributed by atoms with Crippen LogP contribution < -0.4 is 4.72 Å². The number of sulfonamides is 1. The number of aliphatic hydroxyl groups excluding tert-OH is 1. The van der Waals surface area contributed by atoms with Crippen LogP contribution in [0.4, 0.5) is 0 Å². The van der Waals surface area contributed by atoms with Gasteiger partial charge < -0.3 is 9.67 Å². The molecule has 5 nitrogen and oxygen atoms in total. The molecule has 1 aromatic rings. The molecule has 2 N–H and O–H groups in total. The average Bonchev–Trinajstić information content (AvgIpc) is 2.86. The van der Waals surface area contributed by atoms with Crippen molar-refractivity contribution in [1.82, 2.24) is 9.29 Å². The Balaban J connectivity index is 2.07. The molecule has 0 saturated heterocycles. The van der Waals surface area contributed by atoms with E-state index in [0.717, 1.165) is 19.3 Å². The molecule has 1 heterocycles. The van der Waals surface area contributed by atoms with Gasteiger partial charge >= 0.3 is 0 Å². The zero-order chi connectivity index (χ0) is 12.5. The van der Waals surface area contributed by atoms with E-state index >= 15 is 0 Å². The van der Waals surface area contributed by atoms with Crippen molar-refractivity contribution >= 4 is 10.0 Å². The third-order valence-corrected chi connectivity index (χ3v) is 4.91. The summed E-state index contributed by atoms with van der Waals surface area (Å²) in [5.41, 5.74) is 0. The van der Waals surface area contributed by atoms with E-state index in [9.17, 15) is 8.42 Å². The molecule has 1 aliphatic carbocycles. The summed E-state index contributed by atoms with van der Waals surface area (Å²) in [5, 5.41) is 9.31. The van der Waals surface area contributed by atoms with Gasteiger partial charge in [0.25, 0.3) is 10.0 Å². The van der Waals surface area contributed by atoms with Crippen LogP contribution in [0.15, 0.2) is 23.4 Å². The smallest absolute Gasteiger partial charge is 0.256 e. The quantitative estimate of drug-likeness (QED) is 0.824. The Kier molecular flexibility index (Phi) is 3.56. The fourth-order valence-electron chi connectivity index (χ4n) is 2.35. The number of aliphatic hydroxyl groups is 1. The Morgan fingerprint density at radius 1 is 1.53 bits per heavy atom. The molecule has 96 valence electrons. The SMILES string of the molecule is Cn1cccc1S(=O)(=O)N[C@H]1CC[C@@H](CO)C1. The molecular formula is C11H18N2O3S. The highest BCUT2D eigenvalue weighted by Gasteiger charge is 2.29. The van der Waals surface area contributed by atoms with Crippen molar-refractivity contribution in [3.8, 4) is 0 Å². The van der Waals surface area contributed by atoms with Crippen molar-refractivity contribution in [2.75, 3.05) is 6.61 Å². The molecule has 0 amide bonds. The van der Waals surface area contributed by atoms with Gasteiger partial charge in [0.2, 0.25) is 0 Å². The van der Waals surface area contributed by atoms with E-state index < -0.39 is 10.0 Å². The number of rotatable bonds is 4. The molecule has 1 saturated carbocycles. The maximum Gasteiger partial charge on any atom is 0.256 e. The minimum atomic E-state index is -3.43. The van der Waals surface area contributed by atoms with Gasteiger partial charge in [0.1, 0.15) is 5.03 Å². The van der Waals surface area contributed by atoms with Crippen LogP contribution in [0.5, 0.6) is 0 Å². The van der Waals surface area contributed by atoms with E-state index in [0.29, 0.717) is 0 Å². The number of aromatic nitrogens is 1. The summed E-state index contributed by atoms with van der Waals surface area (Å²) in [7, 11) is -1.72. The molecule has 1 aromatic heterocycles. The monoisotopic (exact) mass is 258 g/mol. The van der Waals surface area contributed by atoms with E-state index in [1.54, 1.807) is 29.9 Å². The highest BCUT2D eigenvalue weighted by atomic mass is 32.2. The molecule has 0 bridgehead atoms. The van der Waals surface area contributed by atoms with Crippen LogP contribution in [0.1, 0.15) is 19.3 Å². The number of hydrogen-bond acceptors (Lipinski definition) is 3. The van der Waals surface area contributed by atoms with Gasteiger partial charge in [-0.05, 0) is 37.3 Å². The maximum atomic E-state index is 12.1. The van der Waals surface area contributed by atoms with E-state index in [1.165, 1.54) is 0 Å². The second-order valence-corrected chi connectivity index (χ2v) is 6.30. The zero-order valence-electron chi connectivity index (χ0n) is 9.83. The first kappa shape index (κ1) is 12.6.